The Bertz CT molecular complexity index is 1010. The quantitative estimate of drug-likeness (QED) is 0.397. The molecule has 1 heterocycles. The molecule has 0 N–H and O–H groups in total. The Morgan fingerprint density at radius 2 is 1.62 bits per heavy atom. The maximum absolute atomic E-state index is 12.4. The summed E-state index contributed by atoms with van der Waals surface area (Å²) in [5.41, 5.74) is 0.492. The maximum Gasteiger partial charge on any atom is 0.344 e. The highest BCUT2D eigenvalue weighted by atomic mass is 16.5. The number of ether oxygens (including phenoxy) is 2. The van der Waals surface area contributed by atoms with E-state index in [0.717, 1.165) is 10.9 Å². The summed E-state index contributed by atoms with van der Waals surface area (Å²) in [6.45, 7) is 5.33. The highest BCUT2D eigenvalue weighted by Gasteiger charge is 2.24. The summed E-state index contributed by atoms with van der Waals surface area (Å²) in [6.07, 6.45) is 0. The summed E-state index contributed by atoms with van der Waals surface area (Å²) in [5.74, 6) is 0.705. The number of methoxy groups -OCH3 is 1. The molecule has 3 rings (SSSR count). The first-order valence-corrected chi connectivity index (χ1v) is 8.22. The number of esters is 1. The molecule has 0 amide bonds. The van der Waals surface area contributed by atoms with Crippen molar-refractivity contribution in [3.63, 3.8) is 0 Å². The minimum atomic E-state index is -0.617. The highest BCUT2D eigenvalue weighted by molar-refractivity contribution is 5.84. The Morgan fingerprint density at radius 3 is 2.23 bits per heavy atom. The van der Waals surface area contributed by atoms with Crippen molar-refractivity contribution in [2.45, 2.75) is 20.8 Å². The third-order valence-corrected chi connectivity index (χ3v) is 3.93. The van der Waals surface area contributed by atoms with Gasteiger partial charge in [-0.05, 0) is 56.7 Å². The molecular formula is C21H20O5. The van der Waals surface area contributed by atoms with Crippen molar-refractivity contribution >= 4 is 16.9 Å². The van der Waals surface area contributed by atoms with Crippen LogP contribution in [-0.4, -0.2) is 13.1 Å². The Balaban J connectivity index is 1.98. The summed E-state index contributed by atoms with van der Waals surface area (Å²) in [5, 5.41) is 0.742. The number of rotatable bonds is 3. The smallest absolute Gasteiger partial charge is 0.344 e. The van der Waals surface area contributed by atoms with Crippen molar-refractivity contribution in [2.24, 2.45) is 5.41 Å². The van der Waals surface area contributed by atoms with E-state index in [9.17, 15) is 9.59 Å². The fourth-order valence-corrected chi connectivity index (χ4v) is 2.39. The number of hydrogen-bond donors (Lipinski definition) is 0. The third kappa shape index (κ3) is 3.61. The largest absolute Gasteiger partial charge is 0.497 e. The SMILES string of the molecule is COc1ccc(-c2cc3ccc(OC(=O)C(C)(C)C)cc3oc2=O)cc1. The minimum absolute atomic E-state index is 0.345. The van der Waals surface area contributed by atoms with Gasteiger partial charge in [0.15, 0.2) is 0 Å². The van der Waals surface area contributed by atoms with E-state index in [1.807, 2.05) is 0 Å². The predicted octanol–water partition coefficient (Wildman–Crippen LogP) is 4.42. The third-order valence-electron chi connectivity index (χ3n) is 3.93. The second-order valence-corrected chi connectivity index (χ2v) is 7.02. The highest BCUT2D eigenvalue weighted by Crippen LogP contribution is 2.27. The Labute approximate surface area is 151 Å². The van der Waals surface area contributed by atoms with E-state index >= 15 is 0 Å². The molecule has 0 fully saturated rings. The molecule has 0 radical (unpaired) electrons. The van der Waals surface area contributed by atoms with Crippen molar-refractivity contribution in [3.8, 4) is 22.6 Å². The van der Waals surface area contributed by atoms with Crippen LogP contribution in [0.25, 0.3) is 22.1 Å². The van der Waals surface area contributed by atoms with Crippen LogP contribution in [0.4, 0.5) is 0 Å². The molecule has 0 spiro atoms. The lowest BCUT2D eigenvalue weighted by Gasteiger charge is -2.16. The molecule has 0 aliphatic heterocycles. The van der Waals surface area contributed by atoms with Gasteiger partial charge in [-0.3, -0.25) is 4.79 Å². The first-order valence-electron chi connectivity index (χ1n) is 8.22. The molecule has 3 aromatic rings. The van der Waals surface area contributed by atoms with Gasteiger partial charge in [-0.1, -0.05) is 12.1 Å². The van der Waals surface area contributed by atoms with Crippen LogP contribution in [0.3, 0.4) is 0 Å². The lowest BCUT2D eigenvalue weighted by molar-refractivity contribution is -0.142. The molecule has 0 aliphatic carbocycles. The molecule has 26 heavy (non-hydrogen) atoms. The molecule has 0 bridgehead atoms. The van der Waals surface area contributed by atoms with E-state index in [0.29, 0.717) is 22.6 Å². The molecule has 0 saturated heterocycles. The van der Waals surface area contributed by atoms with E-state index in [4.69, 9.17) is 13.9 Å². The monoisotopic (exact) mass is 352 g/mol. The van der Waals surface area contributed by atoms with Gasteiger partial charge in [0.2, 0.25) is 0 Å². The molecule has 0 unspecified atom stereocenters. The van der Waals surface area contributed by atoms with Gasteiger partial charge in [0.05, 0.1) is 18.1 Å². The van der Waals surface area contributed by atoms with Crippen LogP contribution in [0.15, 0.2) is 57.7 Å². The summed E-state index contributed by atoms with van der Waals surface area (Å²) < 4.78 is 15.9. The van der Waals surface area contributed by atoms with Gasteiger partial charge < -0.3 is 13.9 Å². The fourth-order valence-electron chi connectivity index (χ4n) is 2.39. The van der Waals surface area contributed by atoms with Crippen LogP contribution in [0, 0.1) is 5.41 Å². The number of benzene rings is 2. The lowest BCUT2D eigenvalue weighted by Crippen LogP contribution is -2.25. The number of carbonyl (C=O) groups is 1. The summed E-state index contributed by atoms with van der Waals surface area (Å²) >= 11 is 0. The van der Waals surface area contributed by atoms with Crippen molar-refractivity contribution < 1.29 is 18.7 Å². The van der Waals surface area contributed by atoms with E-state index in [2.05, 4.69) is 0 Å². The molecular weight excluding hydrogens is 332 g/mol. The van der Waals surface area contributed by atoms with E-state index < -0.39 is 11.0 Å². The average Bonchev–Trinajstić information content (AvgIpc) is 2.60. The predicted molar refractivity (Wildman–Crippen MR) is 99.6 cm³/mol. The van der Waals surface area contributed by atoms with Gasteiger partial charge >= 0.3 is 11.6 Å². The molecule has 0 saturated carbocycles. The zero-order valence-corrected chi connectivity index (χ0v) is 15.2. The summed E-state index contributed by atoms with van der Waals surface area (Å²) in [4.78, 5) is 24.4. The Morgan fingerprint density at radius 1 is 0.962 bits per heavy atom. The Kier molecular flexibility index (Phi) is 4.55. The zero-order chi connectivity index (χ0) is 18.9. The fraction of sp³-hybridized carbons (Fsp3) is 0.238. The van der Waals surface area contributed by atoms with Crippen LogP contribution in [-0.2, 0) is 4.79 Å². The molecule has 0 atom stereocenters. The van der Waals surface area contributed by atoms with Gasteiger partial charge in [-0.2, -0.15) is 0 Å². The first kappa shape index (κ1) is 17.7. The number of carbonyl (C=O) groups excluding carboxylic acids is 1. The molecule has 5 heteroatoms. The molecule has 134 valence electrons. The van der Waals surface area contributed by atoms with E-state index in [1.165, 1.54) is 0 Å². The summed E-state index contributed by atoms with van der Waals surface area (Å²) in [6, 6.07) is 13.9. The second-order valence-electron chi connectivity index (χ2n) is 7.02. The molecule has 1 aromatic heterocycles. The van der Waals surface area contributed by atoms with E-state index in [-0.39, 0.29) is 5.97 Å². The van der Waals surface area contributed by atoms with Crippen molar-refractivity contribution in [3.05, 3.63) is 59.0 Å². The van der Waals surface area contributed by atoms with E-state index in [1.54, 1.807) is 76.4 Å². The summed E-state index contributed by atoms with van der Waals surface area (Å²) in [7, 11) is 1.59. The van der Waals surface area contributed by atoms with Crippen LogP contribution < -0.4 is 15.1 Å². The topological polar surface area (TPSA) is 65.7 Å². The second kappa shape index (κ2) is 6.67. The first-order chi connectivity index (χ1) is 12.3. The zero-order valence-electron chi connectivity index (χ0n) is 15.2. The lowest BCUT2D eigenvalue weighted by atomic mass is 9.97. The van der Waals surface area contributed by atoms with Crippen molar-refractivity contribution in [1.29, 1.82) is 0 Å². The molecule has 0 aliphatic rings. The minimum Gasteiger partial charge on any atom is -0.497 e. The standard InChI is InChI=1S/C21H20O5/c1-21(2,3)20(23)25-16-10-7-14-11-17(19(22)26-18(14)12-16)13-5-8-15(24-4)9-6-13/h5-12H,1-4H3. The van der Waals surface area contributed by atoms with Gasteiger partial charge in [-0.15, -0.1) is 0 Å². The van der Waals surface area contributed by atoms with Gasteiger partial charge in [0.1, 0.15) is 17.1 Å². The average molecular weight is 352 g/mol. The van der Waals surface area contributed by atoms with Crippen LogP contribution in [0.5, 0.6) is 11.5 Å². The van der Waals surface area contributed by atoms with Gasteiger partial charge in [-0.25, -0.2) is 4.79 Å². The van der Waals surface area contributed by atoms with Crippen LogP contribution in [0.1, 0.15) is 20.8 Å². The maximum atomic E-state index is 12.4. The normalized spacial score (nSPS) is 11.4. The van der Waals surface area contributed by atoms with Crippen LogP contribution in [0.2, 0.25) is 0 Å². The van der Waals surface area contributed by atoms with Gasteiger partial charge in [0, 0.05) is 11.5 Å². The number of fused-ring (bicyclic) bond motifs is 1. The van der Waals surface area contributed by atoms with Crippen LogP contribution >= 0.6 is 0 Å². The number of hydrogen-bond acceptors (Lipinski definition) is 5. The van der Waals surface area contributed by atoms with Gasteiger partial charge in [0.25, 0.3) is 0 Å². The van der Waals surface area contributed by atoms with Crippen molar-refractivity contribution in [1.82, 2.24) is 0 Å². The molecule has 2 aromatic carbocycles. The molecule has 5 nitrogen and oxygen atoms in total. The Hall–Kier alpha value is -3.08. The van der Waals surface area contributed by atoms with Crippen molar-refractivity contribution in [2.75, 3.05) is 7.11 Å².